The summed E-state index contributed by atoms with van der Waals surface area (Å²) in [4.78, 5) is 96.8. The molecule has 26 nitrogen and oxygen atoms in total. The predicted octanol–water partition coefficient (Wildman–Crippen LogP) is -6.19. The number of carboxylic acids is 1. The predicted molar refractivity (Wildman–Crippen MR) is 177 cm³/mol. The molecule has 7 atom stereocenters. The second-order valence-corrected chi connectivity index (χ2v) is 17.2. The summed E-state index contributed by atoms with van der Waals surface area (Å²) in [7, 11) is -16.4. The normalized spacial score (nSPS) is 21.5. The number of nitrogens with two attached hydrogens (primary N) is 1. The van der Waals surface area contributed by atoms with Crippen LogP contribution in [0.4, 0.5) is 5.82 Å². The smallest absolute Gasteiger partial charge is 0.550 e. The van der Waals surface area contributed by atoms with Crippen LogP contribution in [-0.4, -0.2) is 129 Å². The average Bonchev–Trinajstić information content (AvgIpc) is 3.60. The van der Waals surface area contributed by atoms with E-state index in [1.807, 2.05) is 0 Å². The van der Waals surface area contributed by atoms with Crippen molar-refractivity contribution in [2.24, 2.45) is 5.41 Å². The molecule has 2 amide bonds. The molecule has 31 heteroatoms. The average molecular weight is 862 g/mol. The fourth-order valence-electron chi connectivity index (χ4n) is 4.46. The maximum absolute atomic E-state index is 12.6. The van der Waals surface area contributed by atoms with Gasteiger partial charge in [-0.15, -0.1) is 0 Å². The zero-order valence-corrected chi connectivity index (χ0v) is 32.6. The van der Waals surface area contributed by atoms with Crippen LogP contribution in [0, 0.1) is 5.41 Å². The second-order valence-electron chi connectivity index (χ2n) is 11.8. The van der Waals surface area contributed by atoms with Gasteiger partial charge in [-0.25, -0.2) is 28.6 Å². The molecule has 1 saturated heterocycles. The number of anilines is 1. The van der Waals surface area contributed by atoms with Crippen molar-refractivity contribution in [3.05, 3.63) is 12.7 Å². The number of ether oxygens (including phenoxy) is 1. The number of nitrogens with one attached hydrogen (secondary N) is 2. The number of aliphatic hydroxyl groups excluding tert-OH is 2. The van der Waals surface area contributed by atoms with Gasteiger partial charge < -0.3 is 60.8 Å². The first kappa shape index (κ1) is 48.8. The summed E-state index contributed by atoms with van der Waals surface area (Å²) in [5, 5.41) is 35.7. The molecule has 2 aromatic heterocycles. The minimum absolute atomic E-state index is 0. The second kappa shape index (κ2) is 20.4. The van der Waals surface area contributed by atoms with Gasteiger partial charge in [0.2, 0.25) is 11.8 Å². The molecule has 10 N–H and O–H groups in total. The minimum atomic E-state index is -5.59. The number of phosphoric acid groups is 3. The van der Waals surface area contributed by atoms with Crippen LogP contribution in [0.3, 0.4) is 0 Å². The number of imidazole rings is 1. The molecule has 304 valence electrons. The van der Waals surface area contributed by atoms with Crippen molar-refractivity contribution >= 4 is 75.1 Å². The van der Waals surface area contributed by atoms with E-state index in [4.69, 9.17) is 19.5 Å². The van der Waals surface area contributed by atoms with E-state index in [9.17, 15) is 67.8 Å². The molecule has 0 saturated carbocycles. The van der Waals surface area contributed by atoms with Gasteiger partial charge in [0.1, 0.15) is 36.3 Å². The number of phosphoric ester groups is 3. The summed E-state index contributed by atoms with van der Waals surface area (Å²) in [6.07, 6.45) is -7.92. The molecule has 2 aromatic rings. The number of aliphatic carboxylic acids is 1. The van der Waals surface area contributed by atoms with Crippen molar-refractivity contribution in [3.63, 3.8) is 0 Å². The number of carbonyl (C=O) groups is 4. The van der Waals surface area contributed by atoms with E-state index in [1.165, 1.54) is 13.8 Å². The minimum Gasteiger partial charge on any atom is -0.550 e. The van der Waals surface area contributed by atoms with Crippen LogP contribution in [0.1, 0.15) is 32.9 Å². The van der Waals surface area contributed by atoms with E-state index in [1.54, 1.807) is 0 Å². The Balaban J connectivity index is 0.0000105. The number of aromatic nitrogens is 4. The van der Waals surface area contributed by atoms with Crippen molar-refractivity contribution in [1.82, 2.24) is 30.2 Å². The van der Waals surface area contributed by atoms with Gasteiger partial charge in [-0.2, -0.15) is 4.31 Å². The monoisotopic (exact) mass is 862 g/mol. The quantitative estimate of drug-likeness (QED) is 0.0185. The molecule has 0 aromatic carbocycles. The Bertz CT molecular complexity index is 1840. The zero-order valence-electron chi connectivity index (χ0n) is 29.1. The molecule has 0 radical (unpaired) electrons. The number of carbonyl (C=O) groups excluding carboxylic acids is 4. The van der Waals surface area contributed by atoms with Crippen LogP contribution in [0.15, 0.2) is 12.7 Å². The molecule has 2 unspecified atom stereocenters. The summed E-state index contributed by atoms with van der Waals surface area (Å²) >= 11 is 0.678. The molecule has 55 heavy (non-hydrogen) atoms. The summed E-state index contributed by atoms with van der Waals surface area (Å²) in [6.45, 7) is 0.0894. The third-order valence-electron chi connectivity index (χ3n) is 7.05. The Morgan fingerprint density at radius 3 is 2.36 bits per heavy atom. The standard InChI is InChI=1S/C24H38N7O19P3S.Li/c1-24(2,19(37)22(38)27-4-3-13(32)26-5-6-54-15(35)7-14(33)34)9-47-53(44,45)50-52(42,43)46-8-12-18(49-51(39,40)41)17(36)23(48-12)31-11-30-16-20(25)28-10-29-21(16)31;/h10-12,17-19,23,36-37H,3-9H2,1-2H3,(H,26,32)(H,27,38)(H,33,34)(H,42,43)(H,44,45)(H2,25,28,29)(H2,39,40,41);/q;+1/p-1/t12-,17-,18-,19+,23-;/m1./s1/i7+1,14+1,15+1;. The van der Waals surface area contributed by atoms with E-state index >= 15 is 0 Å². The molecule has 1 aliphatic rings. The van der Waals surface area contributed by atoms with E-state index < -0.39 is 102 Å². The molecule has 0 spiro atoms. The molecule has 3 heterocycles. The first-order chi connectivity index (χ1) is 24.9. The van der Waals surface area contributed by atoms with Gasteiger partial charge in [-0.3, -0.25) is 32.5 Å². The van der Waals surface area contributed by atoms with Crippen molar-refractivity contribution in [1.29, 1.82) is 0 Å². The zero-order chi connectivity index (χ0) is 40.6. The molecular weight excluding hydrogens is 825 g/mol. The van der Waals surface area contributed by atoms with Gasteiger partial charge in [0.05, 0.1) is 26.0 Å². The van der Waals surface area contributed by atoms with E-state index in [0.29, 0.717) is 11.8 Å². The Kier molecular flexibility index (Phi) is 18.1. The Labute approximate surface area is 326 Å². The summed E-state index contributed by atoms with van der Waals surface area (Å²) in [6, 6.07) is 0. The van der Waals surface area contributed by atoms with Crippen LogP contribution in [-0.2, 0) is 55.5 Å². The molecule has 3 rings (SSSR count). The van der Waals surface area contributed by atoms with Crippen LogP contribution in [0.25, 0.3) is 11.2 Å². The van der Waals surface area contributed by atoms with Gasteiger partial charge in [-0.05, 0) is 0 Å². The molecule has 1 fully saturated rings. The molecule has 0 bridgehead atoms. The number of nitrogens with zero attached hydrogens (tertiary/aromatic N) is 4. The maximum Gasteiger partial charge on any atom is 1.00 e. The fraction of sp³-hybridized carbons (Fsp3) is 0.625. The van der Waals surface area contributed by atoms with Gasteiger partial charge in [0.25, 0.3) is 0 Å². The molecular formula is C24H37LiN7O19P3S. The number of fused-ring (bicyclic) bond motifs is 1. The maximum atomic E-state index is 12.6. The van der Waals surface area contributed by atoms with E-state index in [2.05, 4.69) is 34.4 Å². The Morgan fingerprint density at radius 2 is 1.73 bits per heavy atom. The van der Waals surface area contributed by atoms with Gasteiger partial charge in [0, 0.05) is 36.6 Å². The SMILES string of the molecule is CC(C)(COP(=O)(O)OP(=O)(O)OC[C@H]1O[C@@H](n2cnc3c(N)ncnc32)[C@H](O)[C@@H]1OP(=O)(O)O)[C@@H](O)C(=O)NCCC(=O)NCCS[13C](=O)[13CH2][13C](=O)[O-].[Li+]. The number of nitrogen functional groups attached to an aromatic ring is 1. The number of aliphatic hydroxyl groups is 2. The van der Waals surface area contributed by atoms with Crippen molar-refractivity contribution in [3.8, 4) is 0 Å². The van der Waals surface area contributed by atoms with E-state index in [0.717, 1.165) is 17.2 Å². The first-order valence-corrected chi connectivity index (χ1v) is 20.7. The third kappa shape index (κ3) is 15.1. The van der Waals surface area contributed by atoms with Crippen molar-refractivity contribution < 1.29 is 109 Å². The van der Waals surface area contributed by atoms with Crippen LogP contribution >= 0.6 is 35.2 Å². The Hall–Kier alpha value is -2.37. The third-order valence-corrected chi connectivity index (χ3v) is 11.0. The van der Waals surface area contributed by atoms with Crippen molar-refractivity contribution in [2.45, 2.75) is 57.3 Å². The molecule has 1 aliphatic heterocycles. The summed E-state index contributed by atoms with van der Waals surface area (Å²) in [5.41, 5.74) is 4.18. The van der Waals surface area contributed by atoms with Gasteiger partial charge in [0.15, 0.2) is 22.8 Å². The van der Waals surface area contributed by atoms with E-state index in [-0.39, 0.29) is 61.1 Å². The number of hydrogen-bond acceptors (Lipinski definition) is 20. The fourth-order valence-corrected chi connectivity index (χ4v) is 7.94. The van der Waals surface area contributed by atoms with Crippen LogP contribution in [0.2, 0.25) is 0 Å². The Morgan fingerprint density at radius 1 is 1.07 bits per heavy atom. The number of hydrogen-bond donors (Lipinski definition) is 9. The van der Waals surface area contributed by atoms with Crippen LogP contribution in [0.5, 0.6) is 0 Å². The first-order valence-electron chi connectivity index (χ1n) is 15.2. The summed E-state index contributed by atoms with van der Waals surface area (Å²) in [5.74, 6) is -3.09. The number of thioether (sulfide) groups is 1. The number of amides is 2. The van der Waals surface area contributed by atoms with Crippen molar-refractivity contribution in [2.75, 3.05) is 37.8 Å². The number of rotatable bonds is 21. The largest absolute Gasteiger partial charge is 1.00 e. The van der Waals surface area contributed by atoms with Gasteiger partial charge >= 0.3 is 42.3 Å². The number of carboxylic acid groups (broad SMARTS) is 1. The topological polar surface area (TPSA) is 404 Å². The van der Waals surface area contributed by atoms with Crippen LogP contribution < -0.4 is 40.3 Å². The molecule has 0 aliphatic carbocycles. The van der Waals surface area contributed by atoms with Gasteiger partial charge in [-0.1, -0.05) is 25.6 Å². The summed E-state index contributed by atoms with van der Waals surface area (Å²) < 4.78 is 61.8.